The Labute approximate surface area is 211 Å². The molecule has 1 aliphatic rings. The highest BCUT2D eigenvalue weighted by molar-refractivity contribution is 5.96. The van der Waals surface area contributed by atoms with Crippen LogP contribution in [0.1, 0.15) is 58.0 Å². The highest BCUT2D eigenvalue weighted by atomic mass is 16.4. The number of carbonyl (C=O) groups excluding carboxylic acids is 1. The molecule has 5 rings (SSSR count). The highest BCUT2D eigenvalue weighted by Crippen LogP contribution is 2.28. The minimum absolute atomic E-state index is 0.0380. The van der Waals surface area contributed by atoms with Gasteiger partial charge in [-0.05, 0) is 65.9 Å². The average molecular weight is 482 g/mol. The first-order valence-corrected chi connectivity index (χ1v) is 12.4. The van der Waals surface area contributed by atoms with Crippen molar-refractivity contribution in [2.24, 2.45) is 0 Å². The van der Waals surface area contributed by atoms with Gasteiger partial charge in [0.1, 0.15) is 0 Å². The molecule has 1 aliphatic heterocycles. The van der Waals surface area contributed by atoms with Crippen molar-refractivity contribution in [1.82, 2.24) is 14.8 Å². The molecule has 3 aromatic carbocycles. The van der Waals surface area contributed by atoms with E-state index in [0.717, 1.165) is 41.7 Å². The molecule has 1 atom stereocenters. The number of hydrogen-bond acceptors (Lipinski definition) is 3. The molecular weight excluding hydrogens is 450 g/mol. The van der Waals surface area contributed by atoms with Gasteiger partial charge < -0.3 is 15.0 Å². The average Bonchev–Trinajstić information content (AvgIpc) is 3.48. The Bertz CT molecular complexity index is 1390. The van der Waals surface area contributed by atoms with Crippen molar-refractivity contribution in [1.29, 1.82) is 0 Å². The van der Waals surface area contributed by atoms with Gasteiger partial charge in [0, 0.05) is 48.5 Å². The molecule has 4 aromatic rings. The zero-order chi connectivity index (χ0) is 25.2. The number of fused-ring (bicyclic) bond motifs is 1. The van der Waals surface area contributed by atoms with Gasteiger partial charge in [-0.2, -0.15) is 0 Å². The van der Waals surface area contributed by atoms with Crippen molar-refractivity contribution in [3.8, 4) is 5.69 Å². The molecule has 2 heterocycles. The SMILES string of the molecule is CC(C)c1ccc(C(=O)NC2CCN(Cc3cn(-c4ccccc4)c4ccc(C(=O)O)cc34)C2)cc1. The molecule has 1 fully saturated rings. The van der Waals surface area contributed by atoms with Gasteiger partial charge in [-0.25, -0.2) is 4.79 Å². The summed E-state index contributed by atoms with van der Waals surface area (Å²) in [6.07, 6.45) is 2.99. The Morgan fingerprint density at radius 2 is 1.72 bits per heavy atom. The van der Waals surface area contributed by atoms with Gasteiger partial charge in [-0.1, -0.05) is 44.2 Å². The van der Waals surface area contributed by atoms with Crippen LogP contribution in [0.15, 0.2) is 79.0 Å². The van der Waals surface area contributed by atoms with Crippen LogP contribution in [0.3, 0.4) is 0 Å². The molecule has 0 spiro atoms. The van der Waals surface area contributed by atoms with E-state index in [1.165, 1.54) is 5.56 Å². The third kappa shape index (κ3) is 4.90. The molecule has 1 saturated heterocycles. The summed E-state index contributed by atoms with van der Waals surface area (Å²) in [5.74, 6) is -0.533. The number of carbonyl (C=O) groups is 2. The molecule has 36 heavy (non-hydrogen) atoms. The van der Waals surface area contributed by atoms with E-state index >= 15 is 0 Å². The summed E-state index contributed by atoms with van der Waals surface area (Å²) in [4.78, 5) is 26.8. The van der Waals surface area contributed by atoms with Gasteiger partial charge in [-0.3, -0.25) is 9.69 Å². The third-order valence-corrected chi connectivity index (χ3v) is 7.01. The maximum absolute atomic E-state index is 12.8. The summed E-state index contributed by atoms with van der Waals surface area (Å²) in [5, 5.41) is 13.7. The first kappa shape index (κ1) is 23.8. The predicted molar refractivity (Wildman–Crippen MR) is 142 cm³/mol. The number of aromatic nitrogens is 1. The fourth-order valence-electron chi connectivity index (χ4n) is 4.98. The third-order valence-electron chi connectivity index (χ3n) is 7.01. The number of carboxylic acids is 1. The van der Waals surface area contributed by atoms with E-state index in [1.54, 1.807) is 12.1 Å². The molecular formula is C30H31N3O3. The van der Waals surface area contributed by atoms with E-state index in [-0.39, 0.29) is 17.5 Å². The lowest BCUT2D eigenvalue weighted by atomic mass is 10.0. The molecule has 0 radical (unpaired) electrons. The second-order valence-corrected chi connectivity index (χ2v) is 9.87. The maximum atomic E-state index is 12.8. The molecule has 2 N–H and O–H groups in total. The van der Waals surface area contributed by atoms with Crippen LogP contribution in [0, 0.1) is 0 Å². The largest absolute Gasteiger partial charge is 0.478 e. The number of benzene rings is 3. The first-order chi connectivity index (χ1) is 17.4. The van der Waals surface area contributed by atoms with Crippen LogP contribution in [0.25, 0.3) is 16.6 Å². The molecule has 0 aliphatic carbocycles. The van der Waals surface area contributed by atoms with Crippen LogP contribution in [0.5, 0.6) is 0 Å². The Kier molecular flexibility index (Phi) is 6.61. The van der Waals surface area contributed by atoms with Crippen LogP contribution in [0.4, 0.5) is 0 Å². The minimum atomic E-state index is -0.930. The van der Waals surface area contributed by atoms with Crippen LogP contribution >= 0.6 is 0 Å². The summed E-state index contributed by atoms with van der Waals surface area (Å²) < 4.78 is 2.12. The normalized spacial score (nSPS) is 16.0. The zero-order valence-corrected chi connectivity index (χ0v) is 20.6. The lowest BCUT2D eigenvalue weighted by Gasteiger charge is -2.17. The lowest BCUT2D eigenvalue weighted by molar-refractivity contribution is 0.0696. The second kappa shape index (κ2) is 9.99. The van der Waals surface area contributed by atoms with Crippen LogP contribution in [0.2, 0.25) is 0 Å². The standard InChI is InChI=1S/C30H31N3O3/c1-20(2)21-8-10-22(11-9-21)29(34)31-25-14-15-32(19-25)17-24-18-33(26-6-4-3-5-7-26)28-13-12-23(30(35)36)16-27(24)28/h3-13,16,18,20,25H,14-15,17,19H2,1-2H3,(H,31,34)(H,35,36). The number of nitrogens with one attached hydrogen (secondary N) is 1. The van der Waals surface area contributed by atoms with Crippen LogP contribution < -0.4 is 5.32 Å². The van der Waals surface area contributed by atoms with Crippen molar-refractivity contribution >= 4 is 22.8 Å². The summed E-state index contributed by atoms with van der Waals surface area (Å²) in [7, 11) is 0. The quantitative estimate of drug-likeness (QED) is 0.368. The summed E-state index contributed by atoms with van der Waals surface area (Å²) >= 11 is 0. The van der Waals surface area contributed by atoms with E-state index in [2.05, 4.69) is 34.8 Å². The van der Waals surface area contributed by atoms with E-state index < -0.39 is 5.97 Å². The topological polar surface area (TPSA) is 74.6 Å². The molecule has 184 valence electrons. The van der Waals surface area contributed by atoms with Crippen molar-refractivity contribution in [2.75, 3.05) is 13.1 Å². The molecule has 1 amide bonds. The summed E-state index contributed by atoms with van der Waals surface area (Å²) in [5.41, 5.74) is 5.28. The first-order valence-electron chi connectivity index (χ1n) is 12.4. The minimum Gasteiger partial charge on any atom is -0.478 e. The fraction of sp³-hybridized carbons (Fsp3) is 0.267. The Morgan fingerprint density at radius 1 is 1.00 bits per heavy atom. The van der Waals surface area contributed by atoms with Gasteiger partial charge >= 0.3 is 5.97 Å². The van der Waals surface area contributed by atoms with Gasteiger partial charge in [0.15, 0.2) is 0 Å². The van der Waals surface area contributed by atoms with Gasteiger partial charge in [0.05, 0.1) is 11.1 Å². The molecule has 6 nitrogen and oxygen atoms in total. The molecule has 0 bridgehead atoms. The van der Waals surface area contributed by atoms with Crippen molar-refractivity contribution in [3.63, 3.8) is 0 Å². The van der Waals surface area contributed by atoms with E-state index in [0.29, 0.717) is 18.0 Å². The van der Waals surface area contributed by atoms with E-state index in [4.69, 9.17) is 0 Å². The second-order valence-electron chi connectivity index (χ2n) is 9.87. The molecule has 1 aromatic heterocycles. The molecule has 6 heteroatoms. The monoisotopic (exact) mass is 481 g/mol. The Balaban J connectivity index is 1.32. The van der Waals surface area contributed by atoms with Crippen molar-refractivity contribution < 1.29 is 14.7 Å². The fourth-order valence-corrected chi connectivity index (χ4v) is 4.98. The zero-order valence-electron chi connectivity index (χ0n) is 20.6. The van der Waals surface area contributed by atoms with Crippen LogP contribution in [-0.2, 0) is 6.54 Å². The van der Waals surface area contributed by atoms with E-state index in [9.17, 15) is 14.7 Å². The van der Waals surface area contributed by atoms with Gasteiger partial charge in [-0.15, -0.1) is 0 Å². The predicted octanol–water partition coefficient (Wildman–Crippen LogP) is 5.46. The number of hydrogen-bond donors (Lipinski definition) is 2. The number of para-hydroxylation sites is 1. The number of likely N-dealkylation sites (tertiary alicyclic amines) is 1. The summed E-state index contributed by atoms with van der Waals surface area (Å²) in [6, 6.07) is 23.3. The van der Waals surface area contributed by atoms with Crippen molar-refractivity contribution in [3.05, 3.63) is 101 Å². The molecule has 0 saturated carbocycles. The van der Waals surface area contributed by atoms with Crippen molar-refractivity contribution in [2.45, 2.75) is 38.8 Å². The van der Waals surface area contributed by atoms with Gasteiger partial charge in [0.25, 0.3) is 5.91 Å². The Morgan fingerprint density at radius 3 is 2.42 bits per heavy atom. The van der Waals surface area contributed by atoms with Crippen LogP contribution in [-0.4, -0.2) is 45.6 Å². The molecule has 1 unspecified atom stereocenters. The highest BCUT2D eigenvalue weighted by Gasteiger charge is 2.25. The number of nitrogens with zero attached hydrogens (tertiary/aromatic N) is 2. The number of aromatic carboxylic acids is 1. The maximum Gasteiger partial charge on any atom is 0.335 e. The number of carboxylic acid groups (broad SMARTS) is 1. The van der Waals surface area contributed by atoms with E-state index in [1.807, 2.05) is 60.7 Å². The van der Waals surface area contributed by atoms with Gasteiger partial charge in [0.2, 0.25) is 0 Å². The number of amides is 1. The summed E-state index contributed by atoms with van der Waals surface area (Å²) in [6.45, 7) is 6.60. The number of rotatable bonds is 7. The lowest BCUT2D eigenvalue weighted by Crippen LogP contribution is -2.37. The smallest absolute Gasteiger partial charge is 0.335 e. The Hall–Kier alpha value is -3.90.